The first kappa shape index (κ1) is 13.6. The zero-order chi connectivity index (χ0) is 12.8. The quantitative estimate of drug-likeness (QED) is 0.661. The molecule has 1 saturated carbocycles. The maximum Gasteiger partial charge on any atom is 0.407 e. The van der Waals surface area contributed by atoms with Crippen LogP contribution in [0.25, 0.3) is 0 Å². The van der Waals surface area contributed by atoms with Crippen LogP contribution >= 0.6 is 22.6 Å². The SMILES string of the molecule is O=C(N[C@@H]1CCCC[C@H]1I)OCc1ccccc1. The minimum atomic E-state index is -0.299. The van der Waals surface area contributed by atoms with Gasteiger partial charge in [0.25, 0.3) is 0 Å². The summed E-state index contributed by atoms with van der Waals surface area (Å²) in [5.41, 5.74) is 1.02. The molecule has 2 rings (SSSR count). The van der Waals surface area contributed by atoms with Gasteiger partial charge in [-0.15, -0.1) is 0 Å². The van der Waals surface area contributed by atoms with E-state index in [0.717, 1.165) is 12.0 Å². The number of carbonyl (C=O) groups is 1. The van der Waals surface area contributed by atoms with E-state index in [-0.39, 0.29) is 12.1 Å². The topological polar surface area (TPSA) is 38.3 Å². The Morgan fingerprint density at radius 3 is 2.72 bits per heavy atom. The molecule has 1 aliphatic rings. The molecular formula is C14H18INO2. The molecule has 0 heterocycles. The molecule has 0 unspecified atom stereocenters. The predicted octanol–water partition coefficient (Wildman–Crippen LogP) is 3.66. The van der Waals surface area contributed by atoms with Gasteiger partial charge < -0.3 is 10.1 Å². The van der Waals surface area contributed by atoms with Gasteiger partial charge in [0.2, 0.25) is 0 Å². The molecule has 1 fully saturated rings. The van der Waals surface area contributed by atoms with Crippen molar-refractivity contribution >= 4 is 28.7 Å². The number of carbonyl (C=O) groups excluding carboxylic acids is 1. The first-order chi connectivity index (χ1) is 8.75. The van der Waals surface area contributed by atoms with Gasteiger partial charge in [-0.2, -0.15) is 0 Å². The molecule has 0 saturated heterocycles. The Morgan fingerprint density at radius 2 is 2.00 bits per heavy atom. The lowest BCUT2D eigenvalue weighted by molar-refractivity contribution is 0.134. The Labute approximate surface area is 121 Å². The van der Waals surface area contributed by atoms with E-state index < -0.39 is 0 Å². The molecule has 0 aliphatic heterocycles. The first-order valence-electron chi connectivity index (χ1n) is 6.37. The summed E-state index contributed by atoms with van der Waals surface area (Å²) in [5, 5.41) is 2.97. The molecule has 18 heavy (non-hydrogen) atoms. The van der Waals surface area contributed by atoms with Crippen molar-refractivity contribution in [2.75, 3.05) is 0 Å². The molecule has 98 valence electrons. The third-order valence-electron chi connectivity index (χ3n) is 3.20. The molecule has 0 aromatic heterocycles. The number of halogens is 1. The van der Waals surface area contributed by atoms with Crippen molar-refractivity contribution < 1.29 is 9.53 Å². The van der Waals surface area contributed by atoms with Crippen molar-refractivity contribution in [3.63, 3.8) is 0 Å². The number of benzene rings is 1. The van der Waals surface area contributed by atoms with E-state index in [1.807, 2.05) is 30.3 Å². The Bertz CT molecular complexity index is 383. The highest BCUT2D eigenvalue weighted by Gasteiger charge is 2.24. The second-order valence-electron chi connectivity index (χ2n) is 4.61. The number of rotatable bonds is 3. The van der Waals surface area contributed by atoms with E-state index in [1.54, 1.807) is 0 Å². The molecule has 1 aromatic rings. The largest absolute Gasteiger partial charge is 0.445 e. The molecule has 2 atom stereocenters. The molecule has 3 nitrogen and oxygen atoms in total. The second kappa shape index (κ2) is 6.97. The summed E-state index contributed by atoms with van der Waals surface area (Å²) in [7, 11) is 0. The van der Waals surface area contributed by atoms with Gasteiger partial charge in [0.05, 0.1) is 0 Å². The number of hydrogen-bond acceptors (Lipinski definition) is 2. The van der Waals surface area contributed by atoms with Crippen LogP contribution in [0.3, 0.4) is 0 Å². The normalized spacial score (nSPS) is 23.4. The highest BCUT2D eigenvalue weighted by Crippen LogP contribution is 2.24. The summed E-state index contributed by atoms with van der Waals surface area (Å²) in [6.07, 6.45) is 4.42. The third-order valence-corrected chi connectivity index (χ3v) is 4.69. The Hall–Kier alpha value is -0.780. The van der Waals surface area contributed by atoms with E-state index in [2.05, 4.69) is 27.9 Å². The van der Waals surface area contributed by atoms with Crippen LogP contribution in [0.2, 0.25) is 0 Å². The highest BCUT2D eigenvalue weighted by atomic mass is 127. The van der Waals surface area contributed by atoms with Crippen LogP contribution in [-0.2, 0) is 11.3 Å². The van der Waals surface area contributed by atoms with Gasteiger partial charge in [-0.05, 0) is 18.4 Å². The average Bonchev–Trinajstić information content (AvgIpc) is 2.40. The Balaban J connectivity index is 1.75. The van der Waals surface area contributed by atoms with Crippen LogP contribution in [0, 0.1) is 0 Å². The minimum absolute atomic E-state index is 0.266. The fourth-order valence-electron chi connectivity index (χ4n) is 2.16. The van der Waals surface area contributed by atoms with E-state index in [1.165, 1.54) is 19.3 Å². The van der Waals surface area contributed by atoms with Crippen molar-refractivity contribution in [3.8, 4) is 0 Å². The summed E-state index contributed by atoms with van der Waals surface area (Å²) >= 11 is 2.42. The first-order valence-corrected chi connectivity index (χ1v) is 7.61. The number of ether oxygens (including phenoxy) is 1. The van der Waals surface area contributed by atoms with Crippen molar-refractivity contribution in [2.45, 2.75) is 42.3 Å². The molecule has 0 radical (unpaired) electrons. The van der Waals surface area contributed by atoms with E-state index in [0.29, 0.717) is 10.5 Å². The maximum absolute atomic E-state index is 11.7. The lowest BCUT2D eigenvalue weighted by Crippen LogP contribution is -2.42. The van der Waals surface area contributed by atoms with Crippen molar-refractivity contribution in [1.29, 1.82) is 0 Å². The standard InChI is InChI=1S/C14H18INO2/c15-12-8-4-5-9-13(12)16-14(17)18-10-11-6-2-1-3-7-11/h1-3,6-7,12-13H,4-5,8-10H2,(H,16,17)/t12-,13-/m1/s1. The van der Waals surface area contributed by atoms with Crippen LogP contribution < -0.4 is 5.32 Å². The number of alkyl halides is 1. The minimum Gasteiger partial charge on any atom is -0.445 e. The zero-order valence-corrected chi connectivity index (χ0v) is 12.4. The molecule has 0 spiro atoms. The summed E-state index contributed by atoms with van der Waals surface area (Å²) in [5.74, 6) is 0. The zero-order valence-electron chi connectivity index (χ0n) is 10.3. The predicted molar refractivity (Wildman–Crippen MR) is 79.8 cm³/mol. The Kier molecular flexibility index (Phi) is 5.28. The second-order valence-corrected chi connectivity index (χ2v) is 6.21. The lowest BCUT2D eigenvalue weighted by atomic mass is 9.96. The van der Waals surface area contributed by atoms with Gasteiger partial charge in [-0.3, -0.25) is 0 Å². The van der Waals surface area contributed by atoms with Crippen molar-refractivity contribution in [1.82, 2.24) is 5.32 Å². The summed E-state index contributed by atoms with van der Waals surface area (Å²) in [6, 6.07) is 10.0. The van der Waals surface area contributed by atoms with E-state index in [4.69, 9.17) is 4.74 Å². The number of hydrogen-bond donors (Lipinski definition) is 1. The third kappa shape index (κ3) is 4.15. The molecule has 4 heteroatoms. The van der Waals surface area contributed by atoms with Crippen LogP contribution in [0.4, 0.5) is 4.79 Å². The van der Waals surface area contributed by atoms with Crippen LogP contribution in [0.5, 0.6) is 0 Å². The fourth-order valence-corrected chi connectivity index (χ4v) is 3.14. The van der Waals surface area contributed by atoms with Crippen LogP contribution in [-0.4, -0.2) is 16.1 Å². The summed E-state index contributed by atoms with van der Waals surface area (Å²) < 4.78 is 5.75. The molecule has 1 aromatic carbocycles. The average molecular weight is 359 g/mol. The molecule has 1 amide bonds. The van der Waals surface area contributed by atoms with E-state index >= 15 is 0 Å². The molecule has 0 bridgehead atoms. The molecule has 1 aliphatic carbocycles. The van der Waals surface area contributed by atoms with Gasteiger partial charge >= 0.3 is 6.09 Å². The number of alkyl carbamates (subject to hydrolysis) is 1. The van der Waals surface area contributed by atoms with Gasteiger partial charge in [0.15, 0.2) is 0 Å². The van der Waals surface area contributed by atoms with Crippen molar-refractivity contribution in [2.24, 2.45) is 0 Å². The van der Waals surface area contributed by atoms with Crippen LogP contribution in [0.15, 0.2) is 30.3 Å². The summed E-state index contributed by atoms with van der Waals surface area (Å²) in [4.78, 5) is 11.7. The Morgan fingerprint density at radius 1 is 1.28 bits per heavy atom. The van der Waals surface area contributed by atoms with Gasteiger partial charge in [0.1, 0.15) is 6.61 Å². The maximum atomic E-state index is 11.7. The van der Waals surface area contributed by atoms with E-state index in [9.17, 15) is 4.79 Å². The number of amides is 1. The molecule has 1 N–H and O–H groups in total. The molecular weight excluding hydrogens is 341 g/mol. The number of nitrogens with one attached hydrogen (secondary N) is 1. The summed E-state index contributed by atoms with van der Waals surface area (Å²) in [6.45, 7) is 0.339. The van der Waals surface area contributed by atoms with Crippen molar-refractivity contribution in [3.05, 3.63) is 35.9 Å². The van der Waals surface area contributed by atoms with Gasteiger partial charge in [0, 0.05) is 9.97 Å². The lowest BCUT2D eigenvalue weighted by Gasteiger charge is -2.27. The highest BCUT2D eigenvalue weighted by molar-refractivity contribution is 14.1. The smallest absolute Gasteiger partial charge is 0.407 e. The fraction of sp³-hybridized carbons (Fsp3) is 0.500. The monoisotopic (exact) mass is 359 g/mol. The van der Waals surface area contributed by atoms with Crippen LogP contribution in [0.1, 0.15) is 31.2 Å². The van der Waals surface area contributed by atoms with Gasteiger partial charge in [-0.1, -0.05) is 65.8 Å². The van der Waals surface area contributed by atoms with Gasteiger partial charge in [-0.25, -0.2) is 4.79 Å².